The molecule has 0 aromatic heterocycles. The van der Waals surface area contributed by atoms with E-state index in [0.717, 1.165) is 0 Å². The van der Waals surface area contributed by atoms with Crippen molar-refractivity contribution < 1.29 is 0 Å². The number of aryl methyl sites for hydroxylation is 4. The van der Waals surface area contributed by atoms with Crippen LogP contribution in [0, 0.1) is 39.5 Å². The van der Waals surface area contributed by atoms with Gasteiger partial charge in [0.2, 0.25) is 0 Å². The van der Waals surface area contributed by atoms with Crippen LogP contribution in [0.25, 0.3) is 0 Å². The Balaban J connectivity index is 1.48. The third kappa shape index (κ3) is 7.09. The number of hydrogen-bond donors (Lipinski definition) is 0. The average molecular weight is 625 g/mol. The predicted molar refractivity (Wildman–Crippen MR) is 202 cm³/mol. The third-order valence-electron chi connectivity index (χ3n) is 9.44. The number of allylic oxidation sites excluding steroid dienone is 8. The molecule has 0 saturated heterocycles. The molecule has 0 nitrogen and oxygen atoms in total. The van der Waals surface area contributed by atoms with Crippen LogP contribution in [0.2, 0.25) is 0 Å². The van der Waals surface area contributed by atoms with Crippen molar-refractivity contribution in [1.29, 1.82) is 0 Å². The Morgan fingerprint density at radius 1 is 0.556 bits per heavy atom. The molecule has 0 fully saturated rings. The summed E-state index contributed by atoms with van der Waals surface area (Å²) >= 11 is 0. The molecule has 1 unspecified atom stereocenters. The van der Waals surface area contributed by atoms with E-state index in [1.165, 1.54) is 58.5 Å². The van der Waals surface area contributed by atoms with Gasteiger partial charge in [0.1, 0.15) is 0 Å². The van der Waals surface area contributed by atoms with E-state index in [0.29, 0.717) is 17.5 Å². The van der Waals surface area contributed by atoms with Crippen LogP contribution in [-0.2, 0) is 0 Å². The van der Waals surface area contributed by atoms with Gasteiger partial charge in [-0.15, -0.1) is 0 Å². The number of unbranched alkanes of at least 4 members (excludes halogenated alkanes) is 1. The van der Waals surface area contributed by atoms with E-state index in [4.69, 9.17) is 0 Å². The molecule has 2 heteroatoms. The molecule has 0 radical (unpaired) electrons. The van der Waals surface area contributed by atoms with E-state index in [2.05, 4.69) is 167 Å². The van der Waals surface area contributed by atoms with Gasteiger partial charge in [-0.2, -0.15) is 0 Å². The fourth-order valence-electron chi connectivity index (χ4n) is 7.32. The molecular weight excluding hydrogens is 578 g/mol. The summed E-state index contributed by atoms with van der Waals surface area (Å²) in [6.07, 6.45) is 21.6. The SMILES string of the molecule is Cc1cccc(C)c1P(c1c(C)cccc1C)[C@H](CCCCC1C=CC=C1)C1C=CC=C1P(c1ccccc1)c1ccccc1. The number of benzene rings is 4. The standard InChI is InChI=1S/C43H46P2/c1-32-18-15-19-33(2)42(32)45(43-34(3)20-16-21-35(43)4)41(30-14-13-24-36-22-11-12-23-36)39-29-17-31-40(39)44(37-25-7-5-8-26-37)38-27-9-6-10-28-38/h5-12,15-23,25-29,31,36,39,41H,13-14,24,30H2,1-4H3/t39?,41-/m1/s1. The largest absolute Gasteiger partial charge is 0.0776 e. The van der Waals surface area contributed by atoms with Crippen molar-refractivity contribution in [3.63, 3.8) is 0 Å². The van der Waals surface area contributed by atoms with Gasteiger partial charge >= 0.3 is 0 Å². The Morgan fingerprint density at radius 3 is 1.58 bits per heavy atom. The minimum absolute atomic E-state index is 0.395. The minimum atomic E-state index is -0.652. The molecular formula is C43H46P2. The van der Waals surface area contributed by atoms with E-state index in [9.17, 15) is 0 Å². The van der Waals surface area contributed by atoms with Gasteiger partial charge in [0.25, 0.3) is 0 Å². The molecule has 0 bridgehead atoms. The second kappa shape index (κ2) is 14.9. The molecule has 2 aliphatic rings. The van der Waals surface area contributed by atoms with E-state index in [1.807, 2.05) is 0 Å². The van der Waals surface area contributed by atoms with Crippen LogP contribution in [0.5, 0.6) is 0 Å². The minimum Gasteiger partial charge on any atom is -0.0776 e. The van der Waals surface area contributed by atoms with Gasteiger partial charge in [0.15, 0.2) is 0 Å². The molecule has 0 N–H and O–H groups in total. The smallest absolute Gasteiger partial charge is 0.0105 e. The first-order chi connectivity index (χ1) is 22.0. The normalized spacial score (nSPS) is 16.7. The summed E-state index contributed by atoms with van der Waals surface area (Å²) < 4.78 is 0. The Morgan fingerprint density at radius 2 is 1.07 bits per heavy atom. The molecule has 0 spiro atoms. The average Bonchev–Trinajstić information content (AvgIpc) is 3.75. The molecule has 2 atom stereocenters. The van der Waals surface area contributed by atoms with Gasteiger partial charge in [0, 0.05) is 5.92 Å². The van der Waals surface area contributed by atoms with Gasteiger partial charge in [-0.3, -0.25) is 0 Å². The second-order valence-corrected chi connectivity index (χ2v) is 17.2. The zero-order chi connectivity index (χ0) is 31.2. The molecule has 0 amide bonds. The first kappa shape index (κ1) is 31.7. The second-order valence-electron chi connectivity index (χ2n) is 12.6. The molecule has 0 saturated carbocycles. The van der Waals surface area contributed by atoms with Crippen molar-refractivity contribution in [2.24, 2.45) is 11.8 Å². The molecule has 228 valence electrons. The van der Waals surface area contributed by atoms with E-state index in [1.54, 1.807) is 15.9 Å². The highest BCUT2D eigenvalue weighted by Crippen LogP contribution is 2.57. The summed E-state index contributed by atoms with van der Waals surface area (Å²) in [6.45, 7) is 9.40. The lowest BCUT2D eigenvalue weighted by Gasteiger charge is -2.39. The molecule has 0 heterocycles. The summed E-state index contributed by atoms with van der Waals surface area (Å²) in [5, 5.41) is 7.69. The van der Waals surface area contributed by atoms with E-state index in [-0.39, 0.29) is 0 Å². The Hall–Kier alpha value is -3.30. The lowest BCUT2D eigenvalue weighted by Crippen LogP contribution is -2.33. The zero-order valence-electron chi connectivity index (χ0n) is 27.2. The van der Waals surface area contributed by atoms with E-state index >= 15 is 0 Å². The maximum atomic E-state index is 2.57. The fourth-order valence-corrected chi connectivity index (χ4v) is 13.8. The third-order valence-corrected chi connectivity index (χ3v) is 15.6. The summed E-state index contributed by atoms with van der Waals surface area (Å²) in [6, 6.07) is 36.5. The summed E-state index contributed by atoms with van der Waals surface area (Å²) in [4.78, 5) is 0. The lowest BCUT2D eigenvalue weighted by atomic mass is 9.98. The van der Waals surface area contributed by atoms with Crippen LogP contribution < -0.4 is 21.2 Å². The first-order valence-electron chi connectivity index (χ1n) is 16.6. The van der Waals surface area contributed by atoms with E-state index < -0.39 is 15.8 Å². The summed E-state index contributed by atoms with van der Waals surface area (Å²) in [5.74, 6) is 1.000. The Kier molecular flexibility index (Phi) is 10.5. The number of rotatable bonds is 12. The van der Waals surface area contributed by atoms with Crippen LogP contribution in [0.1, 0.15) is 47.9 Å². The van der Waals surface area contributed by atoms with Crippen molar-refractivity contribution in [1.82, 2.24) is 0 Å². The molecule has 45 heavy (non-hydrogen) atoms. The van der Waals surface area contributed by atoms with Gasteiger partial charge in [-0.25, -0.2) is 0 Å². The monoisotopic (exact) mass is 624 g/mol. The Bertz CT molecular complexity index is 1570. The maximum Gasteiger partial charge on any atom is 0.0105 e. The molecule has 4 aromatic carbocycles. The van der Waals surface area contributed by atoms with Crippen LogP contribution in [0.4, 0.5) is 0 Å². The van der Waals surface area contributed by atoms with Crippen molar-refractivity contribution in [3.8, 4) is 0 Å². The summed E-state index contributed by atoms with van der Waals surface area (Å²) in [7, 11) is -1.29. The first-order valence-corrected chi connectivity index (χ1v) is 19.3. The topological polar surface area (TPSA) is 0 Å². The fraction of sp³-hybridized carbons (Fsp3) is 0.256. The maximum absolute atomic E-state index is 2.57. The van der Waals surface area contributed by atoms with Gasteiger partial charge in [-0.05, 0) is 117 Å². The predicted octanol–water partition coefficient (Wildman–Crippen LogP) is 10.2. The van der Waals surface area contributed by atoms with Crippen molar-refractivity contribution >= 4 is 37.1 Å². The lowest BCUT2D eigenvalue weighted by molar-refractivity contribution is 0.563. The van der Waals surface area contributed by atoms with Crippen LogP contribution in [0.3, 0.4) is 0 Å². The van der Waals surface area contributed by atoms with Gasteiger partial charge in [-0.1, -0.05) is 152 Å². The van der Waals surface area contributed by atoms with Crippen molar-refractivity contribution in [2.45, 2.75) is 59.0 Å². The molecule has 6 rings (SSSR count). The Labute approximate surface area is 274 Å². The van der Waals surface area contributed by atoms with Crippen molar-refractivity contribution in [2.75, 3.05) is 0 Å². The van der Waals surface area contributed by atoms with Crippen LogP contribution in [0.15, 0.2) is 145 Å². The highest BCUT2D eigenvalue weighted by atomic mass is 31.1. The van der Waals surface area contributed by atoms with Gasteiger partial charge in [0.05, 0.1) is 0 Å². The highest BCUT2D eigenvalue weighted by Gasteiger charge is 2.38. The summed E-state index contributed by atoms with van der Waals surface area (Å²) in [5.41, 5.74) is 6.27. The molecule has 0 aliphatic heterocycles. The van der Waals surface area contributed by atoms with Crippen molar-refractivity contribution in [3.05, 3.63) is 167 Å². The highest BCUT2D eigenvalue weighted by molar-refractivity contribution is 7.77. The van der Waals surface area contributed by atoms with Gasteiger partial charge < -0.3 is 0 Å². The molecule has 4 aromatic rings. The zero-order valence-corrected chi connectivity index (χ0v) is 29.0. The number of hydrogen-bond acceptors (Lipinski definition) is 0. The van der Waals surface area contributed by atoms with Crippen LogP contribution in [-0.4, -0.2) is 5.66 Å². The quantitative estimate of drug-likeness (QED) is 0.109. The molecule has 2 aliphatic carbocycles. The van der Waals surface area contributed by atoms with Crippen LogP contribution >= 0.6 is 15.8 Å².